The number of ether oxygens (including phenoxy) is 2. The van der Waals surface area contributed by atoms with E-state index in [2.05, 4.69) is 20.6 Å². The molecule has 1 fully saturated rings. The molecule has 1 saturated heterocycles. The van der Waals surface area contributed by atoms with Gasteiger partial charge in [0.25, 0.3) is 0 Å². The molecule has 3 atom stereocenters. The number of cyclic esters (lactones) is 1. The fourth-order valence-electron chi connectivity index (χ4n) is 4.19. The van der Waals surface area contributed by atoms with Gasteiger partial charge in [0.2, 0.25) is 11.8 Å². The average molecular weight is 530 g/mol. The second kappa shape index (κ2) is 10.5. The molecule has 0 bridgehead atoms. The Morgan fingerprint density at radius 3 is 2.97 bits per heavy atom. The van der Waals surface area contributed by atoms with E-state index in [9.17, 15) is 24.2 Å². The van der Waals surface area contributed by atoms with Crippen LogP contribution in [0.15, 0.2) is 41.4 Å². The number of rotatable bonds is 8. The maximum Gasteiger partial charge on any atom is 0.414 e. The first-order chi connectivity index (χ1) is 17.8. The number of fused-ring (bicyclic) bond motifs is 2. The SMILES string of the molecule is COc1ccc2ncc(F)c(CNC[C@H](O)[C@@H](O)[C@@H]3CN(c4ccc5c(c4)NC(=O)CS5)C(=O)O3)c2n1. The average Bonchev–Trinajstić information content (AvgIpc) is 3.29. The lowest BCUT2D eigenvalue weighted by atomic mass is 10.1. The maximum absolute atomic E-state index is 14.5. The Morgan fingerprint density at radius 2 is 2.16 bits per heavy atom. The van der Waals surface area contributed by atoms with Crippen LogP contribution in [0.1, 0.15) is 5.56 Å². The minimum atomic E-state index is -1.40. The maximum atomic E-state index is 14.5. The van der Waals surface area contributed by atoms with Crippen LogP contribution < -0.4 is 20.3 Å². The van der Waals surface area contributed by atoms with Crippen molar-refractivity contribution in [3.8, 4) is 5.88 Å². The molecule has 4 N–H and O–H groups in total. The van der Waals surface area contributed by atoms with Crippen LogP contribution in [0.4, 0.5) is 20.6 Å². The number of carbonyl (C=O) groups excluding carboxylic acids is 2. The van der Waals surface area contributed by atoms with E-state index < -0.39 is 30.2 Å². The Morgan fingerprint density at radius 1 is 1.32 bits per heavy atom. The number of nitrogens with zero attached hydrogens (tertiary/aromatic N) is 3. The summed E-state index contributed by atoms with van der Waals surface area (Å²) in [6, 6.07) is 8.49. The number of anilines is 2. The molecule has 0 aliphatic carbocycles. The predicted molar refractivity (Wildman–Crippen MR) is 133 cm³/mol. The van der Waals surface area contributed by atoms with Crippen molar-refractivity contribution in [2.24, 2.45) is 0 Å². The van der Waals surface area contributed by atoms with Crippen LogP contribution in [0.25, 0.3) is 11.0 Å². The quantitative estimate of drug-likeness (QED) is 0.340. The van der Waals surface area contributed by atoms with Gasteiger partial charge in [0.15, 0.2) is 6.10 Å². The van der Waals surface area contributed by atoms with E-state index in [1.807, 2.05) is 0 Å². The number of amides is 2. The Labute approximate surface area is 215 Å². The van der Waals surface area contributed by atoms with Gasteiger partial charge in [0, 0.05) is 35.3 Å². The number of hydrogen-bond donors (Lipinski definition) is 4. The van der Waals surface area contributed by atoms with Gasteiger partial charge < -0.3 is 30.3 Å². The Kier molecular flexibility index (Phi) is 7.11. The molecule has 4 heterocycles. The van der Waals surface area contributed by atoms with Gasteiger partial charge in [-0.25, -0.2) is 14.2 Å². The molecule has 13 heteroatoms. The summed E-state index contributed by atoms with van der Waals surface area (Å²) < 4.78 is 24.9. The molecule has 3 aromatic rings. The largest absolute Gasteiger partial charge is 0.481 e. The van der Waals surface area contributed by atoms with Crippen LogP contribution >= 0.6 is 11.8 Å². The highest BCUT2D eigenvalue weighted by atomic mass is 32.2. The zero-order chi connectivity index (χ0) is 26.1. The molecule has 2 aliphatic rings. The fourth-order valence-corrected chi connectivity index (χ4v) is 4.97. The molecule has 11 nitrogen and oxygen atoms in total. The minimum Gasteiger partial charge on any atom is -0.481 e. The monoisotopic (exact) mass is 529 g/mol. The highest BCUT2D eigenvalue weighted by Gasteiger charge is 2.39. The summed E-state index contributed by atoms with van der Waals surface area (Å²) in [5.74, 6) is -0.0651. The van der Waals surface area contributed by atoms with Gasteiger partial charge in [0.05, 0.1) is 42.9 Å². The van der Waals surface area contributed by atoms with E-state index in [4.69, 9.17) is 9.47 Å². The summed E-state index contributed by atoms with van der Waals surface area (Å²) >= 11 is 1.40. The lowest BCUT2D eigenvalue weighted by Crippen LogP contribution is -2.44. The molecule has 0 unspecified atom stereocenters. The van der Waals surface area contributed by atoms with Crippen molar-refractivity contribution in [3.05, 3.63) is 47.9 Å². The second-order valence-corrected chi connectivity index (χ2v) is 9.56. The van der Waals surface area contributed by atoms with Crippen molar-refractivity contribution in [3.63, 3.8) is 0 Å². The van der Waals surface area contributed by atoms with E-state index >= 15 is 0 Å². The minimum absolute atomic E-state index is 0.00420. The molecule has 37 heavy (non-hydrogen) atoms. The third-order valence-corrected chi connectivity index (χ3v) is 7.20. The summed E-state index contributed by atoms with van der Waals surface area (Å²) in [7, 11) is 1.45. The number of carbonyl (C=O) groups is 2. The van der Waals surface area contributed by atoms with Gasteiger partial charge in [-0.2, -0.15) is 0 Å². The van der Waals surface area contributed by atoms with E-state index in [0.29, 0.717) is 34.0 Å². The smallest absolute Gasteiger partial charge is 0.414 e. The normalized spacial score (nSPS) is 18.8. The first kappa shape index (κ1) is 25.1. The number of benzene rings is 1. The van der Waals surface area contributed by atoms with Gasteiger partial charge in [-0.3, -0.25) is 14.7 Å². The molecule has 0 radical (unpaired) electrons. The zero-order valence-electron chi connectivity index (χ0n) is 19.7. The third kappa shape index (κ3) is 5.16. The summed E-state index contributed by atoms with van der Waals surface area (Å²) in [5, 5.41) is 26.9. The van der Waals surface area contributed by atoms with Crippen molar-refractivity contribution in [1.29, 1.82) is 0 Å². The van der Waals surface area contributed by atoms with E-state index in [1.165, 1.54) is 23.8 Å². The van der Waals surface area contributed by atoms with Crippen molar-refractivity contribution >= 4 is 46.2 Å². The number of hydrogen-bond acceptors (Lipinski definition) is 10. The number of thioether (sulfide) groups is 1. The van der Waals surface area contributed by atoms with Gasteiger partial charge >= 0.3 is 6.09 Å². The summed E-state index contributed by atoms with van der Waals surface area (Å²) in [4.78, 5) is 34.7. The number of pyridine rings is 2. The topological polar surface area (TPSA) is 146 Å². The van der Waals surface area contributed by atoms with Crippen molar-refractivity contribution in [2.75, 3.05) is 36.2 Å². The van der Waals surface area contributed by atoms with Crippen molar-refractivity contribution in [2.45, 2.75) is 29.8 Å². The number of halogens is 1. The van der Waals surface area contributed by atoms with Gasteiger partial charge in [-0.15, -0.1) is 11.8 Å². The second-order valence-electron chi connectivity index (χ2n) is 8.55. The van der Waals surface area contributed by atoms with Crippen LogP contribution in [-0.2, 0) is 16.1 Å². The Bertz CT molecular complexity index is 1360. The fraction of sp³-hybridized carbons (Fsp3) is 0.333. The van der Waals surface area contributed by atoms with Crippen molar-refractivity contribution in [1.82, 2.24) is 15.3 Å². The summed E-state index contributed by atoms with van der Waals surface area (Å²) in [5.41, 5.74) is 2.14. The molecule has 0 saturated carbocycles. The molecule has 5 rings (SSSR count). The third-order valence-electron chi connectivity index (χ3n) is 6.12. The molecule has 2 aromatic heterocycles. The molecule has 2 amide bonds. The number of nitrogens with one attached hydrogen (secondary N) is 2. The highest BCUT2D eigenvalue weighted by molar-refractivity contribution is 8.00. The van der Waals surface area contributed by atoms with Crippen LogP contribution in [0.5, 0.6) is 5.88 Å². The van der Waals surface area contributed by atoms with Crippen LogP contribution in [-0.4, -0.2) is 76.4 Å². The summed E-state index contributed by atoms with van der Waals surface area (Å²) in [6.07, 6.45) is -3.28. The van der Waals surface area contributed by atoms with Crippen LogP contribution in [0.3, 0.4) is 0 Å². The number of methoxy groups -OCH3 is 1. The van der Waals surface area contributed by atoms with Gasteiger partial charge in [-0.1, -0.05) is 0 Å². The van der Waals surface area contributed by atoms with Gasteiger partial charge in [-0.05, 0) is 24.3 Å². The molecular weight excluding hydrogens is 505 g/mol. The standard InChI is InChI=1S/C24H24FN5O6S/c1-35-21-5-3-15-22(29-21)13(14(25)8-27-15)7-26-9-17(31)23(33)18-10-30(24(34)36-18)12-2-4-19-16(6-12)28-20(32)11-37-19/h2-6,8,17-18,23,26,31,33H,7,9-11H2,1H3,(H,28,32)/t17-,18-,23+/m0/s1. The zero-order valence-corrected chi connectivity index (χ0v) is 20.5. The molecule has 2 aliphatic heterocycles. The predicted octanol–water partition coefficient (Wildman–Crippen LogP) is 1.66. The molecular formula is C24H24FN5O6S. The number of aliphatic hydroxyl groups is 2. The Hall–Kier alpha value is -3.52. The first-order valence-corrected chi connectivity index (χ1v) is 12.4. The van der Waals surface area contributed by atoms with E-state index in [-0.39, 0.29) is 31.1 Å². The lowest BCUT2D eigenvalue weighted by molar-refractivity contribution is -0.113. The molecule has 0 spiro atoms. The molecule has 1 aromatic carbocycles. The van der Waals surface area contributed by atoms with Crippen molar-refractivity contribution < 1.29 is 33.7 Å². The van der Waals surface area contributed by atoms with Crippen LogP contribution in [0.2, 0.25) is 0 Å². The number of aliphatic hydroxyl groups excluding tert-OH is 2. The highest BCUT2D eigenvalue weighted by Crippen LogP contribution is 2.35. The van der Waals surface area contributed by atoms with E-state index in [1.54, 1.807) is 30.3 Å². The van der Waals surface area contributed by atoms with E-state index in [0.717, 1.165) is 11.1 Å². The Balaban J connectivity index is 1.21. The lowest BCUT2D eigenvalue weighted by Gasteiger charge is -2.23. The van der Waals surface area contributed by atoms with Crippen LogP contribution in [0, 0.1) is 5.82 Å². The molecule has 194 valence electrons. The first-order valence-electron chi connectivity index (χ1n) is 11.4. The number of aromatic nitrogens is 2. The van der Waals surface area contributed by atoms with Gasteiger partial charge in [0.1, 0.15) is 17.4 Å². The summed E-state index contributed by atoms with van der Waals surface area (Å²) in [6.45, 7) is -0.0982.